The second-order valence-corrected chi connectivity index (χ2v) is 7.17. The molecule has 3 rings (SSSR count). The number of hydrogen-bond acceptors (Lipinski definition) is 3. The first-order chi connectivity index (χ1) is 12.8. The Morgan fingerprint density at radius 2 is 2.00 bits per heavy atom. The van der Waals surface area contributed by atoms with Crippen LogP contribution < -0.4 is 5.32 Å². The van der Waals surface area contributed by atoms with Gasteiger partial charge in [0.2, 0.25) is 0 Å². The van der Waals surface area contributed by atoms with Gasteiger partial charge in [-0.1, -0.05) is 13.3 Å². The standard InChI is InChI=1S/C19H25F3N4O/c1-3-4-9-23-18(27)26-12-24-17-15(26)6-5-14(19(20,21)22)16(17)13-7-10-25(2)11-8-13/h5-6,12-13H,3-4,7-11H2,1-2H3,(H,23,27). The van der Waals surface area contributed by atoms with Gasteiger partial charge in [-0.15, -0.1) is 0 Å². The van der Waals surface area contributed by atoms with E-state index < -0.39 is 11.7 Å². The number of nitrogens with zero attached hydrogens (tertiary/aromatic N) is 3. The topological polar surface area (TPSA) is 50.2 Å². The van der Waals surface area contributed by atoms with E-state index in [2.05, 4.69) is 15.2 Å². The molecule has 5 nitrogen and oxygen atoms in total. The molecule has 1 saturated heterocycles. The lowest BCUT2D eigenvalue weighted by molar-refractivity contribution is -0.138. The minimum Gasteiger partial charge on any atom is -0.337 e. The average molecular weight is 382 g/mol. The number of unbranched alkanes of at least 4 members (excludes halogenated alkanes) is 1. The van der Waals surface area contributed by atoms with E-state index >= 15 is 0 Å². The molecule has 1 fully saturated rings. The molecular formula is C19H25F3N4O. The van der Waals surface area contributed by atoms with Crippen LogP contribution in [0, 0.1) is 0 Å². The summed E-state index contributed by atoms with van der Waals surface area (Å²) < 4.78 is 42.3. The van der Waals surface area contributed by atoms with E-state index in [1.165, 1.54) is 17.0 Å². The first kappa shape index (κ1) is 19.7. The molecule has 1 aromatic heterocycles. The molecule has 8 heteroatoms. The third kappa shape index (κ3) is 4.10. The zero-order chi connectivity index (χ0) is 19.6. The monoisotopic (exact) mass is 382 g/mol. The van der Waals surface area contributed by atoms with Gasteiger partial charge >= 0.3 is 12.2 Å². The lowest BCUT2D eigenvalue weighted by atomic mass is 9.85. The molecule has 0 bridgehead atoms. The lowest BCUT2D eigenvalue weighted by Crippen LogP contribution is -2.30. The van der Waals surface area contributed by atoms with Gasteiger partial charge in [0.15, 0.2) is 0 Å². The van der Waals surface area contributed by atoms with E-state index in [0.717, 1.165) is 32.0 Å². The number of aromatic nitrogens is 2. The van der Waals surface area contributed by atoms with E-state index in [1.54, 1.807) is 0 Å². The molecule has 27 heavy (non-hydrogen) atoms. The predicted molar refractivity (Wildman–Crippen MR) is 97.9 cm³/mol. The van der Waals surface area contributed by atoms with Crippen molar-refractivity contribution in [2.24, 2.45) is 0 Å². The number of fused-ring (bicyclic) bond motifs is 1. The number of carbonyl (C=O) groups excluding carboxylic acids is 1. The van der Waals surface area contributed by atoms with Gasteiger partial charge in [0.1, 0.15) is 6.33 Å². The van der Waals surface area contributed by atoms with E-state index in [-0.39, 0.29) is 23.0 Å². The van der Waals surface area contributed by atoms with Crippen LogP contribution >= 0.6 is 0 Å². The molecule has 0 atom stereocenters. The summed E-state index contributed by atoms with van der Waals surface area (Å²) in [5.74, 6) is -0.215. The highest BCUT2D eigenvalue weighted by atomic mass is 19.4. The fraction of sp³-hybridized carbons (Fsp3) is 0.579. The van der Waals surface area contributed by atoms with Gasteiger partial charge in [0.05, 0.1) is 16.6 Å². The number of benzene rings is 1. The number of hydrogen-bond donors (Lipinski definition) is 1. The first-order valence-electron chi connectivity index (χ1n) is 9.36. The molecule has 0 unspecified atom stereocenters. The Balaban J connectivity index is 2.03. The number of nitrogens with one attached hydrogen (secondary N) is 1. The maximum absolute atomic E-state index is 13.7. The van der Waals surface area contributed by atoms with Crippen LogP contribution in [0.15, 0.2) is 18.5 Å². The fourth-order valence-electron chi connectivity index (χ4n) is 3.68. The number of rotatable bonds is 4. The van der Waals surface area contributed by atoms with Crippen LogP contribution in [0.2, 0.25) is 0 Å². The fourth-order valence-corrected chi connectivity index (χ4v) is 3.68. The van der Waals surface area contributed by atoms with Crippen molar-refractivity contribution < 1.29 is 18.0 Å². The molecule has 1 aromatic carbocycles. The van der Waals surface area contributed by atoms with E-state index in [0.29, 0.717) is 24.9 Å². The summed E-state index contributed by atoms with van der Waals surface area (Å²) >= 11 is 0. The third-order valence-corrected chi connectivity index (χ3v) is 5.22. The number of halogens is 3. The second kappa shape index (κ2) is 7.88. The molecule has 0 aliphatic carbocycles. The highest BCUT2D eigenvalue weighted by Gasteiger charge is 2.37. The zero-order valence-corrected chi connectivity index (χ0v) is 15.6. The van der Waals surface area contributed by atoms with Crippen molar-refractivity contribution in [3.8, 4) is 0 Å². The summed E-state index contributed by atoms with van der Waals surface area (Å²) in [5, 5.41) is 2.78. The Hall–Kier alpha value is -2.09. The largest absolute Gasteiger partial charge is 0.416 e. The summed E-state index contributed by atoms with van der Waals surface area (Å²) in [5.41, 5.74) is 0.297. The smallest absolute Gasteiger partial charge is 0.337 e. The summed E-state index contributed by atoms with van der Waals surface area (Å²) in [6, 6.07) is 2.08. The Morgan fingerprint density at radius 3 is 2.63 bits per heavy atom. The predicted octanol–water partition coefficient (Wildman–Crippen LogP) is 4.22. The van der Waals surface area contributed by atoms with Crippen LogP contribution in [0.1, 0.15) is 49.7 Å². The minimum absolute atomic E-state index is 0.215. The maximum atomic E-state index is 13.7. The van der Waals surface area contributed by atoms with Crippen LogP contribution in [0.5, 0.6) is 0 Å². The third-order valence-electron chi connectivity index (χ3n) is 5.22. The molecular weight excluding hydrogens is 357 g/mol. The molecule has 1 aliphatic heterocycles. The van der Waals surface area contributed by atoms with Gasteiger partial charge in [0.25, 0.3) is 0 Å². The number of likely N-dealkylation sites (tertiary alicyclic amines) is 1. The van der Waals surface area contributed by atoms with Gasteiger partial charge in [-0.3, -0.25) is 4.57 Å². The maximum Gasteiger partial charge on any atom is 0.416 e. The van der Waals surface area contributed by atoms with Crippen LogP contribution in [0.3, 0.4) is 0 Å². The van der Waals surface area contributed by atoms with Crippen molar-refractivity contribution in [1.82, 2.24) is 19.8 Å². The van der Waals surface area contributed by atoms with Gasteiger partial charge in [0, 0.05) is 6.54 Å². The Morgan fingerprint density at radius 1 is 1.30 bits per heavy atom. The van der Waals surface area contributed by atoms with Gasteiger partial charge in [-0.2, -0.15) is 13.2 Å². The summed E-state index contributed by atoms with van der Waals surface area (Å²) in [6.45, 7) is 4.04. The van der Waals surface area contributed by atoms with Crippen molar-refractivity contribution >= 4 is 17.1 Å². The number of imidazole rings is 1. The summed E-state index contributed by atoms with van der Waals surface area (Å²) in [6.07, 6.45) is -0.0370. The van der Waals surface area contributed by atoms with E-state index in [1.807, 2.05) is 14.0 Å². The highest BCUT2D eigenvalue weighted by Crippen LogP contribution is 2.41. The Kier molecular flexibility index (Phi) is 5.74. The van der Waals surface area contributed by atoms with Crippen LogP contribution in [0.4, 0.5) is 18.0 Å². The summed E-state index contributed by atoms with van der Waals surface area (Å²) in [4.78, 5) is 18.7. The molecule has 1 amide bonds. The molecule has 148 valence electrons. The Labute approximate surface area is 156 Å². The normalized spacial score (nSPS) is 16.8. The van der Waals surface area contributed by atoms with Crippen molar-refractivity contribution in [3.63, 3.8) is 0 Å². The van der Waals surface area contributed by atoms with Crippen molar-refractivity contribution in [3.05, 3.63) is 29.6 Å². The van der Waals surface area contributed by atoms with Gasteiger partial charge < -0.3 is 10.2 Å². The molecule has 2 heterocycles. The second-order valence-electron chi connectivity index (χ2n) is 7.17. The first-order valence-corrected chi connectivity index (χ1v) is 9.36. The van der Waals surface area contributed by atoms with Gasteiger partial charge in [-0.25, -0.2) is 9.78 Å². The number of piperidine rings is 1. The van der Waals surface area contributed by atoms with E-state index in [9.17, 15) is 18.0 Å². The molecule has 0 radical (unpaired) electrons. The summed E-state index contributed by atoms with van der Waals surface area (Å²) in [7, 11) is 1.97. The average Bonchev–Trinajstić information content (AvgIpc) is 3.05. The minimum atomic E-state index is -4.44. The van der Waals surface area contributed by atoms with Crippen molar-refractivity contribution in [1.29, 1.82) is 0 Å². The number of amides is 1. The molecule has 1 aliphatic rings. The van der Waals surface area contributed by atoms with Crippen LogP contribution in [-0.2, 0) is 6.18 Å². The quantitative estimate of drug-likeness (QED) is 0.806. The molecule has 0 spiro atoms. The lowest BCUT2D eigenvalue weighted by Gasteiger charge is -2.30. The van der Waals surface area contributed by atoms with Crippen LogP contribution in [-0.4, -0.2) is 47.2 Å². The molecule has 2 aromatic rings. The highest BCUT2D eigenvalue weighted by molar-refractivity contribution is 5.91. The van der Waals surface area contributed by atoms with E-state index in [4.69, 9.17) is 0 Å². The van der Waals surface area contributed by atoms with Gasteiger partial charge in [-0.05, 0) is 63.0 Å². The SMILES string of the molecule is CCCCNC(=O)n1cnc2c(C3CCN(C)CC3)c(C(F)(F)F)ccc21. The molecule has 1 N–H and O–H groups in total. The van der Waals surface area contributed by atoms with Crippen LogP contribution in [0.25, 0.3) is 11.0 Å². The van der Waals surface area contributed by atoms with Crippen molar-refractivity contribution in [2.75, 3.05) is 26.7 Å². The Bertz CT molecular complexity index is 807. The molecule has 0 saturated carbocycles. The van der Waals surface area contributed by atoms with Crippen molar-refractivity contribution in [2.45, 2.75) is 44.7 Å². The zero-order valence-electron chi connectivity index (χ0n) is 15.6. The number of carbonyl (C=O) groups is 1. The number of alkyl halides is 3.